The molecule has 19 heteroatoms. The molecule has 0 radical (unpaired) electrons. The van der Waals surface area contributed by atoms with Crippen molar-refractivity contribution in [1.82, 2.24) is 0 Å². The third-order valence-corrected chi connectivity index (χ3v) is 19.3. The van der Waals surface area contributed by atoms with Gasteiger partial charge in [-0.25, -0.2) is 9.13 Å². The second-order valence-corrected chi connectivity index (χ2v) is 29.5. The lowest BCUT2D eigenvalue weighted by atomic mass is 9.99. The minimum absolute atomic E-state index is 0.108. The van der Waals surface area contributed by atoms with Crippen LogP contribution in [0.5, 0.6) is 0 Å². The van der Waals surface area contributed by atoms with E-state index in [0.29, 0.717) is 25.7 Å². The summed E-state index contributed by atoms with van der Waals surface area (Å²) in [7, 11) is -9.90. The van der Waals surface area contributed by atoms with Gasteiger partial charge in [0.25, 0.3) is 0 Å². The van der Waals surface area contributed by atoms with Crippen molar-refractivity contribution in [2.24, 2.45) is 5.92 Å². The zero-order valence-electron chi connectivity index (χ0n) is 59.7. The maximum Gasteiger partial charge on any atom is 0.472 e. The number of aliphatic hydroxyl groups excluding tert-OH is 1. The van der Waals surface area contributed by atoms with Crippen LogP contribution in [-0.4, -0.2) is 96.7 Å². The molecular formula is C73H142O17P2. The molecule has 0 aliphatic carbocycles. The molecule has 3 unspecified atom stereocenters. The Labute approximate surface area is 562 Å². The number of aliphatic hydroxyl groups is 1. The topological polar surface area (TPSA) is 237 Å². The summed E-state index contributed by atoms with van der Waals surface area (Å²) in [6, 6.07) is 0. The van der Waals surface area contributed by atoms with Crippen LogP contribution in [0, 0.1) is 5.92 Å². The van der Waals surface area contributed by atoms with Crippen LogP contribution in [0.25, 0.3) is 0 Å². The Balaban J connectivity index is 5.26. The van der Waals surface area contributed by atoms with Crippen molar-refractivity contribution < 1.29 is 80.2 Å². The smallest absolute Gasteiger partial charge is 0.462 e. The first-order valence-corrected chi connectivity index (χ1v) is 41.2. The van der Waals surface area contributed by atoms with E-state index in [1.807, 2.05) is 0 Å². The summed E-state index contributed by atoms with van der Waals surface area (Å²) in [5.41, 5.74) is 0. The fraction of sp³-hybridized carbons (Fsp3) is 0.945. The quantitative estimate of drug-likeness (QED) is 0.0222. The molecule has 92 heavy (non-hydrogen) atoms. The molecule has 0 aromatic heterocycles. The highest BCUT2D eigenvalue weighted by Crippen LogP contribution is 2.45. The summed E-state index contributed by atoms with van der Waals surface area (Å²) in [6.07, 6.45) is 53.8. The van der Waals surface area contributed by atoms with Crippen LogP contribution >= 0.6 is 15.6 Å². The van der Waals surface area contributed by atoms with Gasteiger partial charge < -0.3 is 33.8 Å². The predicted molar refractivity (Wildman–Crippen MR) is 372 cm³/mol. The molecule has 0 spiro atoms. The Morgan fingerprint density at radius 1 is 0.304 bits per heavy atom. The van der Waals surface area contributed by atoms with Crippen molar-refractivity contribution in [3.05, 3.63) is 0 Å². The average molecular weight is 1350 g/mol. The van der Waals surface area contributed by atoms with Crippen LogP contribution in [0.4, 0.5) is 0 Å². The molecule has 0 aromatic rings. The van der Waals surface area contributed by atoms with Gasteiger partial charge in [0.2, 0.25) is 0 Å². The molecule has 17 nitrogen and oxygen atoms in total. The molecule has 546 valence electrons. The first-order chi connectivity index (χ1) is 44.6. The third kappa shape index (κ3) is 65.4. The standard InChI is InChI=1S/C73H142O17P2/c1-6-10-13-16-19-22-25-27-28-29-32-39-44-49-54-59-73(78)90-69(63-84-71(76)57-52-47-42-37-34-33-35-40-45-50-55-66(5)9-4)65-88-92(81,82)86-61-67(74)60-85-91(79,80)87-64-68(62-83-70(75)56-51-46-41-36-30-24-21-18-15-12-8-3)89-72(77)58-53-48-43-38-31-26-23-20-17-14-11-7-2/h66-69,74H,6-65H2,1-5H3,(H,79,80)(H,81,82)/t66?,67-,68+,69+/m0/s1. The molecular weight excluding hydrogens is 1210 g/mol. The number of phosphoric acid groups is 2. The van der Waals surface area contributed by atoms with E-state index >= 15 is 0 Å². The molecule has 0 bridgehead atoms. The number of hydrogen-bond donors (Lipinski definition) is 3. The molecule has 3 N–H and O–H groups in total. The number of hydrogen-bond acceptors (Lipinski definition) is 15. The van der Waals surface area contributed by atoms with Gasteiger partial charge in [-0.2, -0.15) is 0 Å². The second kappa shape index (κ2) is 66.3. The Kier molecular flexibility index (Phi) is 64.9. The normalized spacial score (nSPS) is 14.3. The van der Waals surface area contributed by atoms with Crippen LogP contribution in [0.3, 0.4) is 0 Å². The number of ether oxygens (including phenoxy) is 4. The molecule has 0 rings (SSSR count). The fourth-order valence-corrected chi connectivity index (χ4v) is 12.7. The Morgan fingerprint density at radius 3 is 0.772 bits per heavy atom. The number of carbonyl (C=O) groups is 4. The summed E-state index contributed by atoms with van der Waals surface area (Å²) < 4.78 is 68.4. The van der Waals surface area contributed by atoms with Gasteiger partial charge in [0, 0.05) is 25.7 Å². The monoisotopic (exact) mass is 1350 g/mol. The van der Waals surface area contributed by atoms with E-state index in [2.05, 4.69) is 34.6 Å². The van der Waals surface area contributed by atoms with Gasteiger partial charge in [0.15, 0.2) is 12.2 Å². The van der Waals surface area contributed by atoms with E-state index in [9.17, 15) is 43.2 Å². The van der Waals surface area contributed by atoms with Gasteiger partial charge in [-0.05, 0) is 31.6 Å². The van der Waals surface area contributed by atoms with Gasteiger partial charge in [0.1, 0.15) is 19.3 Å². The minimum atomic E-state index is -4.95. The highest BCUT2D eigenvalue weighted by Gasteiger charge is 2.30. The molecule has 6 atom stereocenters. The number of esters is 4. The molecule has 0 saturated carbocycles. The van der Waals surface area contributed by atoms with Crippen LogP contribution < -0.4 is 0 Å². The van der Waals surface area contributed by atoms with Crippen molar-refractivity contribution in [3.8, 4) is 0 Å². The van der Waals surface area contributed by atoms with E-state index in [4.69, 9.17) is 37.0 Å². The predicted octanol–water partition coefficient (Wildman–Crippen LogP) is 21.3. The molecule has 0 aliphatic heterocycles. The zero-order valence-corrected chi connectivity index (χ0v) is 61.5. The summed E-state index contributed by atoms with van der Waals surface area (Å²) in [4.78, 5) is 72.7. The molecule has 0 heterocycles. The summed E-state index contributed by atoms with van der Waals surface area (Å²) in [6.45, 7) is 7.30. The lowest BCUT2D eigenvalue weighted by molar-refractivity contribution is -0.161. The zero-order chi connectivity index (χ0) is 67.7. The summed E-state index contributed by atoms with van der Waals surface area (Å²) >= 11 is 0. The van der Waals surface area contributed by atoms with Gasteiger partial charge in [-0.15, -0.1) is 0 Å². The van der Waals surface area contributed by atoms with Crippen LogP contribution in [0.1, 0.15) is 381 Å². The fourth-order valence-electron chi connectivity index (χ4n) is 11.1. The van der Waals surface area contributed by atoms with E-state index in [1.54, 1.807) is 0 Å². The first-order valence-electron chi connectivity index (χ1n) is 38.2. The highest BCUT2D eigenvalue weighted by atomic mass is 31.2. The molecule has 0 aromatic carbocycles. The van der Waals surface area contributed by atoms with Gasteiger partial charge >= 0.3 is 39.5 Å². The Morgan fingerprint density at radius 2 is 0.522 bits per heavy atom. The van der Waals surface area contributed by atoms with Crippen molar-refractivity contribution in [2.75, 3.05) is 39.6 Å². The van der Waals surface area contributed by atoms with E-state index in [-0.39, 0.29) is 25.7 Å². The van der Waals surface area contributed by atoms with Crippen LogP contribution in [0.2, 0.25) is 0 Å². The Hall–Kier alpha value is -1.94. The SMILES string of the molecule is CCCCCCCCCCCCCCCCCC(=O)O[C@H](COC(=O)CCCCCCCCCCCCC(C)CC)COP(=O)(O)OC[C@@H](O)COP(=O)(O)OC[C@@H](COC(=O)CCCCCCCCCCCCC)OC(=O)CCCCCCCCCCCCCC. The van der Waals surface area contributed by atoms with Gasteiger partial charge in [0.05, 0.1) is 26.4 Å². The minimum Gasteiger partial charge on any atom is -0.462 e. The maximum absolute atomic E-state index is 13.1. The lowest BCUT2D eigenvalue weighted by Gasteiger charge is -2.21. The molecule has 0 amide bonds. The molecule has 0 saturated heterocycles. The lowest BCUT2D eigenvalue weighted by Crippen LogP contribution is -2.30. The maximum atomic E-state index is 13.1. The first kappa shape index (κ1) is 90.1. The van der Waals surface area contributed by atoms with Gasteiger partial charge in [-0.1, -0.05) is 330 Å². The van der Waals surface area contributed by atoms with Crippen molar-refractivity contribution >= 4 is 39.5 Å². The number of rotatable bonds is 73. The van der Waals surface area contributed by atoms with Crippen LogP contribution in [-0.2, 0) is 65.4 Å². The van der Waals surface area contributed by atoms with E-state index in [0.717, 1.165) is 95.8 Å². The van der Waals surface area contributed by atoms with E-state index < -0.39 is 97.5 Å². The van der Waals surface area contributed by atoms with E-state index in [1.165, 1.54) is 205 Å². The molecule has 0 fully saturated rings. The molecule has 0 aliphatic rings. The largest absolute Gasteiger partial charge is 0.472 e. The summed E-state index contributed by atoms with van der Waals surface area (Å²) in [5.74, 6) is -1.31. The van der Waals surface area contributed by atoms with Crippen molar-refractivity contribution in [2.45, 2.75) is 400 Å². The van der Waals surface area contributed by atoms with Crippen molar-refractivity contribution in [1.29, 1.82) is 0 Å². The van der Waals surface area contributed by atoms with Crippen molar-refractivity contribution in [3.63, 3.8) is 0 Å². The van der Waals surface area contributed by atoms with Crippen LogP contribution in [0.15, 0.2) is 0 Å². The number of carbonyl (C=O) groups excluding carboxylic acids is 4. The summed E-state index contributed by atoms with van der Waals surface area (Å²) in [5, 5.41) is 10.6. The highest BCUT2D eigenvalue weighted by molar-refractivity contribution is 7.47. The average Bonchev–Trinajstić information content (AvgIpc) is 1.69. The van der Waals surface area contributed by atoms with Gasteiger partial charge in [-0.3, -0.25) is 37.3 Å². The number of unbranched alkanes of at least 4 members (excludes halogenated alkanes) is 44. The Bertz CT molecular complexity index is 1770. The third-order valence-electron chi connectivity index (χ3n) is 17.4. The second-order valence-electron chi connectivity index (χ2n) is 26.6. The number of phosphoric ester groups is 2.